The molecule has 1 aromatic carbocycles. The quantitative estimate of drug-likeness (QED) is 0.659. The van der Waals surface area contributed by atoms with Crippen LogP contribution in [0.25, 0.3) is 0 Å². The largest absolute Gasteiger partial charge is 0.386 e. The highest BCUT2D eigenvalue weighted by atomic mass is 19.1. The molecular formula is C10H9FO. The molecular weight excluding hydrogens is 155 g/mol. The zero-order chi connectivity index (χ0) is 8.97. The lowest BCUT2D eigenvalue weighted by Gasteiger charge is -2.07. The molecule has 0 aliphatic carbocycles. The fraction of sp³-hybridized carbons (Fsp3) is 0.200. The van der Waals surface area contributed by atoms with Crippen molar-refractivity contribution in [3.63, 3.8) is 0 Å². The van der Waals surface area contributed by atoms with Gasteiger partial charge in [-0.1, -0.05) is 24.1 Å². The zero-order valence-corrected chi connectivity index (χ0v) is 6.50. The molecule has 0 fully saturated rings. The first kappa shape index (κ1) is 8.76. The molecule has 0 saturated carbocycles. The fourth-order valence-corrected chi connectivity index (χ4v) is 1.00. The Morgan fingerprint density at radius 1 is 1.50 bits per heavy atom. The molecule has 12 heavy (non-hydrogen) atoms. The number of rotatable bonds is 2. The molecule has 0 aliphatic heterocycles. The van der Waals surface area contributed by atoms with Crippen LogP contribution in [-0.4, -0.2) is 11.8 Å². The van der Waals surface area contributed by atoms with Crippen LogP contribution in [0.3, 0.4) is 0 Å². The molecule has 1 unspecified atom stereocenters. The normalized spacial score (nSPS) is 12.1. The van der Waals surface area contributed by atoms with Gasteiger partial charge < -0.3 is 5.11 Å². The van der Waals surface area contributed by atoms with Crippen LogP contribution in [0.1, 0.15) is 17.2 Å². The highest BCUT2D eigenvalue weighted by Gasteiger charge is 2.09. The van der Waals surface area contributed by atoms with E-state index in [-0.39, 0.29) is 0 Å². The van der Waals surface area contributed by atoms with Gasteiger partial charge in [0.1, 0.15) is 12.8 Å². The van der Waals surface area contributed by atoms with E-state index in [4.69, 9.17) is 6.42 Å². The first-order chi connectivity index (χ1) is 5.79. The highest BCUT2D eigenvalue weighted by Crippen LogP contribution is 2.17. The SMILES string of the molecule is C#Cc1ccccc1C(O)CF. The van der Waals surface area contributed by atoms with Crippen molar-refractivity contribution < 1.29 is 9.50 Å². The van der Waals surface area contributed by atoms with Crippen molar-refractivity contribution in [2.24, 2.45) is 0 Å². The predicted octanol–water partition coefficient (Wildman–Crippen LogP) is 1.67. The van der Waals surface area contributed by atoms with E-state index in [2.05, 4.69) is 5.92 Å². The summed E-state index contributed by atoms with van der Waals surface area (Å²) >= 11 is 0. The minimum absolute atomic E-state index is 0.475. The fourth-order valence-electron chi connectivity index (χ4n) is 1.00. The molecule has 1 nitrogen and oxygen atoms in total. The summed E-state index contributed by atoms with van der Waals surface area (Å²) in [5.41, 5.74) is 1.02. The molecule has 1 rings (SSSR count). The molecule has 2 heteroatoms. The molecule has 0 aliphatic rings. The summed E-state index contributed by atoms with van der Waals surface area (Å²) < 4.78 is 12.1. The van der Waals surface area contributed by atoms with Gasteiger partial charge in [0.05, 0.1) is 0 Å². The molecule has 0 radical (unpaired) electrons. The van der Waals surface area contributed by atoms with Crippen LogP contribution in [0.15, 0.2) is 24.3 Å². The standard InChI is InChI=1S/C10H9FO/c1-2-8-5-3-4-6-9(8)10(12)7-11/h1,3-6,10,12H,7H2. The minimum Gasteiger partial charge on any atom is -0.386 e. The van der Waals surface area contributed by atoms with Crippen molar-refractivity contribution in [2.75, 3.05) is 6.67 Å². The van der Waals surface area contributed by atoms with Crippen LogP contribution >= 0.6 is 0 Å². The Bertz CT molecular complexity index is 301. The molecule has 0 heterocycles. The van der Waals surface area contributed by atoms with Crippen LogP contribution in [0.5, 0.6) is 0 Å². The van der Waals surface area contributed by atoms with Crippen LogP contribution in [0.2, 0.25) is 0 Å². The van der Waals surface area contributed by atoms with Gasteiger partial charge in [0.2, 0.25) is 0 Å². The number of aliphatic hydroxyl groups excluding tert-OH is 1. The smallest absolute Gasteiger partial charge is 0.120 e. The third kappa shape index (κ3) is 1.63. The van der Waals surface area contributed by atoms with E-state index in [1.807, 2.05) is 0 Å². The number of alkyl halides is 1. The van der Waals surface area contributed by atoms with Crippen molar-refractivity contribution in [1.29, 1.82) is 0 Å². The van der Waals surface area contributed by atoms with Gasteiger partial charge in [-0.15, -0.1) is 6.42 Å². The third-order valence-corrected chi connectivity index (χ3v) is 1.62. The first-order valence-corrected chi connectivity index (χ1v) is 3.59. The van der Waals surface area contributed by atoms with Gasteiger partial charge in [-0.3, -0.25) is 0 Å². The number of hydrogen-bond acceptors (Lipinski definition) is 1. The monoisotopic (exact) mass is 164 g/mol. The summed E-state index contributed by atoms with van der Waals surface area (Å²) in [6.45, 7) is -0.807. The molecule has 0 aromatic heterocycles. The maximum Gasteiger partial charge on any atom is 0.120 e. The van der Waals surface area contributed by atoms with E-state index >= 15 is 0 Å². The maximum atomic E-state index is 12.1. The summed E-state index contributed by atoms with van der Waals surface area (Å²) in [6, 6.07) is 6.77. The Balaban J connectivity index is 3.07. The summed E-state index contributed by atoms with van der Waals surface area (Å²) in [6.07, 6.45) is 4.06. The Labute approximate surface area is 70.9 Å². The molecule has 0 bridgehead atoms. The summed E-state index contributed by atoms with van der Waals surface area (Å²) in [5, 5.41) is 9.17. The number of hydrogen-bond donors (Lipinski definition) is 1. The molecule has 0 amide bonds. The molecule has 1 N–H and O–H groups in total. The Morgan fingerprint density at radius 3 is 2.75 bits per heavy atom. The lowest BCUT2D eigenvalue weighted by molar-refractivity contribution is 0.141. The van der Waals surface area contributed by atoms with Crippen molar-refractivity contribution in [3.8, 4) is 12.3 Å². The van der Waals surface area contributed by atoms with Crippen LogP contribution in [0, 0.1) is 12.3 Å². The summed E-state index contributed by atoms with van der Waals surface area (Å²) in [5.74, 6) is 2.38. The molecule has 1 atom stereocenters. The maximum absolute atomic E-state index is 12.1. The number of halogens is 1. The number of benzene rings is 1. The van der Waals surface area contributed by atoms with Gasteiger partial charge in [-0.2, -0.15) is 0 Å². The van der Waals surface area contributed by atoms with Gasteiger partial charge in [0.15, 0.2) is 0 Å². The second-order valence-electron chi connectivity index (χ2n) is 2.40. The van der Waals surface area contributed by atoms with Crippen molar-refractivity contribution >= 4 is 0 Å². The van der Waals surface area contributed by atoms with Gasteiger partial charge in [0.25, 0.3) is 0 Å². The van der Waals surface area contributed by atoms with Crippen molar-refractivity contribution in [1.82, 2.24) is 0 Å². The highest BCUT2D eigenvalue weighted by molar-refractivity contribution is 5.40. The Morgan fingerprint density at radius 2 is 2.17 bits per heavy atom. The molecule has 0 spiro atoms. The summed E-state index contributed by atoms with van der Waals surface area (Å²) in [4.78, 5) is 0. The Hall–Kier alpha value is -1.33. The molecule has 1 aromatic rings. The van der Waals surface area contributed by atoms with Crippen molar-refractivity contribution in [2.45, 2.75) is 6.10 Å². The van der Waals surface area contributed by atoms with Gasteiger partial charge in [0, 0.05) is 5.56 Å². The van der Waals surface area contributed by atoms with E-state index in [9.17, 15) is 9.50 Å². The molecule has 62 valence electrons. The lowest BCUT2D eigenvalue weighted by Crippen LogP contribution is -2.01. The van der Waals surface area contributed by atoms with Crippen molar-refractivity contribution in [3.05, 3.63) is 35.4 Å². The van der Waals surface area contributed by atoms with E-state index in [1.54, 1.807) is 24.3 Å². The predicted molar refractivity (Wildman–Crippen MR) is 45.3 cm³/mol. The van der Waals surface area contributed by atoms with E-state index in [0.29, 0.717) is 11.1 Å². The minimum atomic E-state index is -1.10. The van der Waals surface area contributed by atoms with E-state index in [1.165, 1.54) is 0 Å². The van der Waals surface area contributed by atoms with E-state index in [0.717, 1.165) is 0 Å². The van der Waals surface area contributed by atoms with Crippen LogP contribution in [0.4, 0.5) is 4.39 Å². The second kappa shape index (κ2) is 3.89. The summed E-state index contributed by atoms with van der Waals surface area (Å²) in [7, 11) is 0. The second-order valence-corrected chi connectivity index (χ2v) is 2.40. The third-order valence-electron chi connectivity index (χ3n) is 1.62. The van der Waals surface area contributed by atoms with Gasteiger partial charge >= 0.3 is 0 Å². The van der Waals surface area contributed by atoms with Gasteiger partial charge in [-0.05, 0) is 11.6 Å². The van der Waals surface area contributed by atoms with Crippen LogP contribution in [-0.2, 0) is 0 Å². The average molecular weight is 164 g/mol. The average Bonchev–Trinajstić information content (AvgIpc) is 2.16. The number of aliphatic hydroxyl groups is 1. The first-order valence-electron chi connectivity index (χ1n) is 3.59. The lowest BCUT2D eigenvalue weighted by atomic mass is 10.0. The topological polar surface area (TPSA) is 20.2 Å². The van der Waals surface area contributed by atoms with Gasteiger partial charge in [-0.25, -0.2) is 4.39 Å². The van der Waals surface area contributed by atoms with Crippen LogP contribution < -0.4 is 0 Å². The Kier molecular flexibility index (Phi) is 2.84. The number of terminal acetylenes is 1. The zero-order valence-electron chi connectivity index (χ0n) is 6.50. The molecule has 0 saturated heterocycles. The van der Waals surface area contributed by atoms with E-state index < -0.39 is 12.8 Å².